The van der Waals surface area contributed by atoms with Crippen LogP contribution in [0, 0.1) is 17.8 Å². The van der Waals surface area contributed by atoms with Gasteiger partial charge in [-0.05, 0) is 50.0 Å². The second-order valence-electron chi connectivity index (χ2n) is 5.24. The molecule has 0 amide bonds. The summed E-state index contributed by atoms with van der Waals surface area (Å²) >= 11 is 0. The fourth-order valence-corrected chi connectivity index (χ4v) is 2.62. The van der Waals surface area contributed by atoms with Gasteiger partial charge in [-0.1, -0.05) is 20.3 Å². The van der Waals surface area contributed by atoms with Gasteiger partial charge < -0.3 is 5.32 Å². The van der Waals surface area contributed by atoms with Gasteiger partial charge in [0.25, 0.3) is 0 Å². The molecule has 3 atom stereocenters. The van der Waals surface area contributed by atoms with Crippen LogP contribution in [0.2, 0.25) is 0 Å². The zero-order valence-corrected chi connectivity index (χ0v) is 9.05. The Morgan fingerprint density at radius 3 is 2.54 bits per heavy atom. The average Bonchev–Trinajstić information content (AvgIpc) is 2.88. The third-order valence-electron chi connectivity index (χ3n) is 3.99. The van der Waals surface area contributed by atoms with Gasteiger partial charge in [-0.2, -0.15) is 0 Å². The van der Waals surface area contributed by atoms with Gasteiger partial charge in [0.05, 0.1) is 0 Å². The van der Waals surface area contributed by atoms with Gasteiger partial charge in [0.15, 0.2) is 0 Å². The quantitative estimate of drug-likeness (QED) is 0.703. The molecule has 3 unspecified atom stereocenters. The highest BCUT2D eigenvalue weighted by molar-refractivity contribution is 4.84. The van der Waals surface area contributed by atoms with Crippen LogP contribution >= 0.6 is 0 Å². The Hall–Kier alpha value is -0.0400. The first-order chi connectivity index (χ1) is 6.27. The summed E-state index contributed by atoms with van der Waals surface area (Å²) in [4.78, 5) is 0. The monoisotopic (exact) mass is 181 g/mol. The third-order valence-corrected chi connectivity index (χ3v) is 3.99. The highest BCUT2D eigenvalue weighted by Gasteiger charge is 2.29. The summed E-state index contributed by atoms with van der Waals surface area (Å²) in [6.07, 6.45) is 7.27. The Labute approximate surface area is 82.3 Å². The van der Waals surface area contributed by atoms with Crippen LogP contribution in [0.15, 0.2) is 0 Å². The van der Waals surface area contributed by atoms with Crippen LogP contribution in [0.25, 0.3) is 0 Å². The third kappa shape index (κ3) is 2.46. The molecule has 0 aromatic rings. The smallest absolute Gasteiger partial charge is 0.00928 e. The van der Waals surface area contributed by atoms with Crippen molar-refractivity contribution in [1.29, 1.82) is 0 Å². The minimum atomic E-state index is 0.834. The zero-order valence-electron chi connectivity index (χ0n) is 9.05. The molecular weight excluding hydrogens is 158 g/mol. The maximum Gasteiger partial charge on any atom is 0.00928 e. The molecule has 2 saturated carbocycles. The zero-order chi connectivity index (χ0) is 9.26. The molecule has 76 valence electrons. The van der Waals surface area contributed by atoms with Crippen LogP contribution in [0.5, 0.6) is 0 Å². The molecule has 0 aliphatic heterocycles. The molecule has 2 fully saturated rings. The van der Waals surface area contributed by atoms with Gasteiger partial charge in [-0.15, -0.1) is 0 Å². The van der Waals surface area contributed by atoms with Crippen LogP contribution in [-0.4, -0.2) is 12.6 Å². The summed E-state index contributed by atoms with van der Waals surface area (Å²) in [7, 11) is 0. The van der Waals surface area contributed by atoms with E-state index in [2.05, 4.69) is 19.2 Å². The van der Waals surface area contributed by atoms with Crippen molar-refractivity contribution >= 4 is 0 Å². The lowest BCUT2D eigenvalue weighted by Crippen LogP contribution is -2.34. The number of hydrogen-bond donors (Lipinski definition) is 1. The Balaban J connectivity index is 1.66. The van der Waals surface area contributed by atoms with E-state index in [1.54, 1.807) is 0 Å². The molecule has 1 N–H and O–H groups in total. The van der Waals surface area contributed by atoms with Crippen molar-refractivity contribution in [3.63, 3.8) is 0 Å². The van der Waals surface area contributed by atoms with Crippen molar-refractivity contribution in [1.82, 2.24) is 5.32 Å². The van der Waals surface area contributed by atoms with E-state index in [9.17, 15) is 0 Å². The normalized spacial score (nSPS) is 36.5. The highest BCUT2D eigenvalue weighted by atomic mass is 14.9. The molecule has 0 aromatic heterocycles. The molecule has 1 nitrogen and oxygen atoms in total. The largest absolute Gasteiger partial charge is 0.313 e. The van der Waals surface area contributed by atoms with Crippen molar-refractivity contribution in [2.24, 2.45) is 17.8 Å². The van der Waals surface area contributed by atoms with Crippen molar-refractivity contribution in [2.75, 3.05) is 6.54 Å². The predicted octanol–water partition coefficient (Wildman–Crippen LogP) is 2.81. The van der Waals surface area contributed by atoms with Crippen LogP contribution in [0.4, 0.5) is 0 Å². The summed E-state index contributed by atoms with van der Waals surface area (Å²) < 4.78 is 0. The number of rotatable bonds is 4. The topological polar surface area (TPSA) is 12.0 Å². The summed E-state index contributed by atoms with van der Waals surface area (Å²) in [6.45, 7) is 6.07. The molecule has 0 bridgehead atoms. The molecule has 2 aliphatic carbocycles. The summed E-state index contributed by atoms with van der Waals surface area (Å²) in [5.74, 6) is 2.91. The lowest BCUT2D eigenvalue weighted by molar-refractivity contribution is 0.373. The van der Waals surface area contributed by atoms with E-state index in [0.29, 0.717) is 0 Å². The highest BCUT2D eigenvalue weighted by Crippen LogP contribution is 2.36. The van der Waals surface area contributed by atoms with Gasteiger partial charge in [0.2, 0.25) is 0 Å². The van der Waals surface area contributed by atoms with Crippen LogP contribution in [-0.2, 0) is 0 Å². The van der Waals surface area contributed by atoms with E-state index in [-0.39, 0.29) is 0 Å². The predicted molar refractivity (Wildman–Crippen MR) is 56.7 cm³/mol. The molecule has 1 heteroatoms. The minimum absolute atomic E-state index is 0.834. The molecule has 0 saturated heterocycles. The van der Waals surface area contributed by atoms with Gasteiger partial charge in [-0.25, -0.2) is 0 Å². The number of hydrogen-bond acceptors (Lipinski definition) is 1. The molecule has 13 heavy (non-hydrogen) atoms. The van der Waals surface area contributed by atoms with Crippen molar-refractivity contribution in [3.8, 4) is 0 Å². The Kier molecular flexibility index (Phi) is 2.92. The second kappa shape index (κ2) is 4.00. The van der Waals surface area contributed by atoms with E-state index in [1.165, 1.54) is 38.6 Å². The SMILES string of the molecule is CC(CNC1CCCC1C)C1CC1. The first kappa shape index (κ1) is 9.51. The summed E-state index contributed by atoms with van der Waals surface area (Å²) in [5, 5.41) is 3.75. The van der Waals surface area contributed by atoms with Crippen molar-refractivity contribution in [2.45, 2.75) is 52.0 Å². The standard InChI is InChI=1S/C12H23N/c1-9-4-3-5-12(9)13-8-10(2)11-6-7-11/h9-13H,3-8H2,1-2H3. The minimum Gasteiger partial charge on any atom is -0.313 e. The molecule has 0 radical (unpaired) electrons. The van der Waals surface area contributed by atoms with E-state index >= 15 is 0 Å². The van der Waals surface area contributed by atoms with E-state index < -0.39 is 0 Å². The lowest BCUT2D eigenvalue weighted by atomic mass is 10.0. The lowest BCUT2D eigenvalue weighted by Gasteiger charge is -2.20. The summed E-state index contributed by atoms with van der Waals surface area (Å²) in [6, 6.07) is 0.834. The Morgan fingerprint density at radius 1 is 1.23 bits per heavy atom. The van der Waals surface area contributed by atoms with Crippen LogP contribution < -0.4 is 5.32 Å². The van der Waals surface area contributed by atoms with Gasteiger partial charge in [-0.3, -0.25) is 0 Å². The maximum atomic E-state index is 3.75. The summed E-state index contributed by atoms with van der Waals surface area (Å²) in [5.41, 5.74) is 0. The molecule has 2 aliphatic rings. The van der Waals surface area contributed by atoms with E-state index in [1.807, 2.05) is 0 Å². The van der Waals surface area contributed by atoms with Crippen molar-refractivity contribution < 1.29 is 0 Å². The van der Waals surface area contributed by atoms with Gasteiger partial charge in [0, 0.05) is 6.04 Å². The van der Waals surface area contributed by atoms with Crippen molar-refractivity contribution in [3.05, 3.63) is 0 Å². The first-order valence-electron chi connectivity index (χ1n) is 6.00. The maximum absolute atomic E-state index is 3.75. The Morgan fingerprint density at radius 2 is 2.00 bits per heavy atom. The number of nitrogens with one attached hydrogen (secondary N) is 1. The molecule has 0 heterocycles. The van der Waals surface area contributed by atoms with Gasteiger partial charge >= 0.3 is 0 Å². The molecular formula is C12H23N. The second-order valence-corrected chi connectivity index (χ2v) is 5.24. The Bertz CT molecular complexity index is 163. The van der Waals surface area contributed by atoms with E-state index in [4.69, 9.17) is 0 Å². The molecule has 0 aromatic carbocycles. The fraction of sp³-hybridized carbons (Fsp3) is 1.00. The average molecular weight is 181 g/mol. The van der Waals surface area contributed by atoms with E-state index in [0.717, 1.165) is 23.8 Å². The van der Waals surface area contributed by atoms with Crippen LogP contribution in [0.1, 0.15) is 46.0 Å². The van der Waals surface area contributed by atoms with Crippen LogP contribution in [0.3, 0.4) is 0 Å². The molecule has 2 rings (SSSR count). The molecule has 0 spiro atoms. The fourth-order valence-electron chi connectivity index (χ4n) is 2.62. The first-order valence-corrected chi connectivity index (χ1v) is 6.00. The van der Waals surface area contributed by atoms with Gasteiger partial charge in [0.1, 0.15) is 0 Å².